The van der Waals surface area contributed by atoms with Crippen molar-refractivity contribution >= 4 is 0 Å². The molecule has 5 rings (SSSR count). The van der Waals surface area contributed by atoms with E-state index in [0.717, 1.165) is 18.4 Å². The first-order valence-electron chi connectivity index (χ1n) is 9.76. The van der Waals surface area contributed by atoms with Crippen LogP contribution in [0.25, 0.3) is 0 Å². The van der Waals surface area contributed by atoms with Gasteiger partial charge in [-0.3, -0.25) is 4.90 Å². The number of rotatable bonds is 4. The Hall–Kier alpha value is -2.38. The zero-order chi connectivity index (χ0) is 17.3. The van der Waals surface area contributed by atoms with Crippen molar-refractivity contribution in [2.24, 2.45) is 11.8 Å². The summed E-state index contributed by atoms with van der Waals surface area (Å²) in [5.74, 6) is 2.88. The van der Waals surface area contributed by atoms with Gasteiger partial charge in [0.2, 0.25) is 0 Å². The van der Waals surface area contributed by atoms with Crippen molar-refractivity contribution < 1.29 is 0 Å². The lowest BCUT2D eigenvalue weighted by molar-refractivity contribution is 0.142. The highest BCUT2D eigenvalue weighted by Gasteiger charge is 2.55. The molecule has 130 valence electrons. The molecule has 4 unspecified atom stereocenters. The van der Waals surface area contributed by atoms with E-state index < -0.39 is 0 Å². The van der Waals surface area contributed by atoms with Crippen molar-refractivity contribution in [2.45, 2.75) is 18.4 Å². The highest BCUT2D eigenvalue weighted by molar-refractivity contribution is 5.36. The number of fused-ring (bicyclic) bond motifs is 1. The Balaban J connectivity index is 1.42. The summed E-state index contributed by atoms with van der Waals surface area (Å²) < 4.78 is 0. The van der Waals surface area contributed by atoms with Crippen LogP contribution in [0.1, 0.15) is 28.5 Å². The predicted octanol–water partition coefficient (Wildman–Crippen LogP) is 5.32. The van der Waals surface area contributed by atoms with Gasteiger partial charge in [-0.25, -0.2) is 0 Å². The SMILES string of the molecule is c1ccc(CN2CC3C(C2)C(c2ccccc2)C3c2ccccc2)cc1. The topological polar surface area (TPSA) is 3.24 Å². The van der Waals surface area contributed by atoms with Crippen molar-refractivity contribution in [3.8, 4) is 0 Å². The Labute approximate surface area is 156 Å². The van der Waals surface area contributed by atoms with Gasteiger partial charge in [-0.2, -0.15) is 0 Å². The van der Waals surface area contributed by atoms with Crippen LogP contribution in [-0.4, -0.2) is 18.0 Å². The van der Waals surface area contributed by atoms with Gasteiger partial charge in [0.1, 0.15) is 0 Å². The molecule has 0 N–H and O–H groups in total. The third kappa shape index (κ3) is 2.77. The summed E-state index contributed by atoms with van der Waals surface area (Å²) in [5.41, 5.74) is 4.47. The zero-order valence-electron chi connectivity index (χ0n) is 15.0. The minimum absolute atomic E-state index is 0.657. The van der Waals surface area contributed by atoms with E-state index >= 15 is 0 Å². The molecule has 2 aliphatic rings. The Bertz CT molecular complexity index is 790. The summed E-state index contributed by atoms with van der Waals surface area (Å²) in [4.78, 5) is 2.67. The maximum absolute atomic E-state index is 2.67. The number of hydrogen-bond acceptors (Lipinski definition) is 1. The van der Waals surface area contributed by atoms with E-state index in [1.54, 1.807) is 0 Å². The van der Waals surface area contributed by atoms with Crippen LogP contribution in [0.3, 0.4) is 0 Å². The monoisotopic (exact) mass is 339 g/mol. The Kier molecular flexibility index (Phi) is 4.10. The van der Waals surface area contributed by atoms with Crippen molar-refractivity contribution in [1.29, 1.82) is 0 Å². The summed E-state index contributed by atoms with van der Waals surface area (Å²) in [7, 11) is 0. The molecule has 0 amide bonds. The molecule has 1 nitrogen and oxygen atoms in total. The minimum Gasteiger partial charge on any atom is -0.298 e. The van der Waals surface area contributed by atoms with Gasteiger partial charge in [-0.05, 0) is 40.4 Å². The number of likely N-dealkylation sites (tertiary alicyclic amines) is 1. The van der Waals surface area contributed by atoms with E-state index in [4.69, 9.17) is 0 Å². The van der Waals surface area contributed by atoms with E-state index in [9.17, 15) is 0 Å². The first kappa shape index (κ1) is 15.8. The second-order valence-electron chi connectivity index (χ2n) is 7.88. The molecule has 3 aromatic rings. The average Bonchev–Trinajstić information content (AvgIpc) is 3.03. The molecule has 2 fully saturated rings. The molecule has 26 heavy (non-hydrogen) atoms. The Morgan fingerprint density at radius 2 is 1.00 bits per heavy atom. The normalized spacial score (nSPS) is 27.7. The lowest BCUT2D eigenvalue weighted by atomic mass is 9.54. The van der Waals surface area contributed by atoms with Gasteiger partial charge < -0.3 is 0 Å². The fraction of sp³-hybridized carbons (Fsp3) is 0.280. The summed E-state index contributed by atoms with van der Waals surface area (Å²) >= 11 is 0. The third-order valence-electron chi connectivity index (χ3n) is 6.42. The van der Waals surface area contributed by atoms with Crippen molar-refractivity contribution in [3.05, 3.63) is 108 Å². The lowest BCUT2D eigenvalue weighted by Crippen LogP contribution is -2.42. The smallest absolute Gasteiger partial charge is 0.0233 e. The molecule has 0 radical (unpaired) electrons. The molecule has 0 bridgehead atoms. The molecule has 1 heteroatoms. The standard InChI is InChI=1S/C25H25N/c1-4-10-19(11-5-1)16-26-17-22-23(18-26)25(21-14-8-3-9-15-21)24(22)20-12-6-2-7-13-20/h1-15,22-25H,16-18H2. The van der Waals surface area contributed by atoms with Gasteiger partial charge in [0, 0.05) is 19.6 Å². The van der Waals surface area contributed by atoms with Gasteiger partial charge in [0.05, 0.1) is 0 Å². The van der Waals surface area contributed by atoms with Crippen LogP contribution >= 0.6 is 0 Å². The average molecular weight is 339 g/mol. The molecule has 1 aliphatic heterocycles. The number of benzene rings is 3. The summed E-state index contributed by atoms with van der Waals surface area (Å²) in [6, 6.07) is 33.3. The largest absolute Gasteiger partial charge is 0.298 e. The van der Waals surface area contributed by atoms with Gasteiger partial charge in [0.15, 0.2) is 0 Å². The van der Waals surface area contributed by atoms with Crippen LogP contribution in [-0.2, 0) is 6.54 Å². The first-order chi connectivity index (χ1) is 12.9. The number of hydrogen-bond donors (Lipinski definition) is 0. The van der Waals surface area contributed by atoms with E-state index in [-0.39, 0.29) is 0 Å². The van der Waals surface area contributed by atoms with Gasteiger partial charge in [0.25, 0.3) is 0 Å². The summed E-state index contributed by atoms with van der Waals surface area (Å²) in [6.07, 6.45) is 0. The maximum atomic E-state index is 2.67. The van der Waals surface area contributed by atoms with Crippen LogP contribution < -0.4 is 0 Å². The Morgan fingerprint density at radius 1 is 0.577 bits per heavy atom. The van der Waals surface area contributed by atoms with E-state index in [1.165, 1.54) is 29.8 Å². The van der Waals surface area contributed by atoms with Crippen molar-refractivity contribution in [3.63, 3.8) is 0 Å². The van der Waals surface area contributed by atoms with E-state index in [2.05, 4.69) is 95.9 Å². The quantitative estimate of drug-likeness (QED) is 0.622. The molecule has 1 saturated heterocycles. The van der Waals surface area contributed by atoms with Crippen LogP contribution in [0, 0.1) is 11.8 Å². The highest BCUT2D eigenvalue weighted by atomic mass is 15.2. The second kappa shape index (κ2) is 6.74. The Morgan fingerprint density at radius 3 is 1.46 bits per heavy atom. The van der Waals surface area contributed by atoms with Crippen LogP contribution in [0.2, 0.25) is 0 Å². The summed E-state index contributed by atoms with van der Waals surface area (Å²) in [5, 5.41) is 0. The van der Waals surface area contributed by atoms with E-state index in [1.807, 2.05) is 0 Å². The number of nitrogens with zero attached hydrogens (tertiary/aromatic N) is 1. The minimum atomic E-state index is 0.657. The molecule has 0 spiro atoms. The zero-order valence-corrected chi connectivity index (χ0v) is 15.0. The molecule has 0 aromatic heterocycles. The fourth-order valence-corrected chi connectivity index (χ4v) is 5.32. The summed E-state index contributed by atoms with van der Waals surface area (Å²) in [6.45, 7) is 3.53. The van der Waals surface area contributed by atoms with Crippen LogP contribution in [0.15, 0.2) is 91.0 Å². The van der Waals surface area contributed by atoms with Crippen LogP contribution in [0.5, 0.6) is 0 Å². The van der Waals surface area contributed by atoms with Gasteiger partial charge in [-0.1, -0.05) is 91.0 Å². The van der Waals surface area contributed by atoms with Crippen molar-refractivity contribution in [1.82, 2.24) is 4.90 Å². The second-order valence-corrected chi connectivity index (χ2v) is 7.88. The van der Waals surface area contributed by atoms with Gasteiger partial charge in [-0.15, -0.1) is 0 Å². The maximum Gasteiger partial charge on any atom is 0.0233 e. The molecular formula is C25H25N. The molecular weight excluding hydrogens is 314 g/mol. The van der Waals surface area contributed by atoms with Crippen LogP contribution in [0.4, 0.5) is 0 Å². The molecule has 3 aromatic carbocycles. The molecule has 1 heterocycles. The lowest BCUT2D eigenvalue weighted by Gasteiger charge is -2.49. The van der Waals surface area contributed by atoms with Gasteiger partial charge >= 0.3 is 0 Å². The van der Waals surface area contributed by atoms with E-state index in [0.29, 0.717) is 11.8 Å². The predicted molar refractivity (Wildman–Crippen MR) is 107 cm³/mol. The third-order valence-corrected chi connectivity index (χ3v) is 6.42. The highest BCUT2D eigenvalue weighted by Crippen LogP contribution is 2.60. The molecule has 1 aliphatic carbocycles. The molecule has 4 atom stereocenters. The van der Waals surface area contributed by atoms with Crippen molar-refractivity contribution in [2.75, 3.05) is 13.1 Å². The molecule has 1 saturated carbocycles. The fourth-order valence-electron chi connectivity index (χ4n) is 5.32. The first-order valence-corrected chi connectivity index (χ1v) is 9.76.